The zero-order chi connectivity index (χ0) is 25.5. The summed E-state index contributed by atoms with van der Waals surface area (Å²) in [5, 5.41) is 0. The van der Waals surface area contributed by atoms with Crippen LogP contribution in [-0.4, -0.2) is 71.6 Å². The lowest BCUT2D eigenvalue weighted by Gasteiger charge is -2.37. The van der Waals surface area contributed by atoms with Crippen LogP contribution < -0.4 is 14.7 Å². The summed E-state index contributed by atoms with van der Waals surface area (Å²) in [6.07, 6.45) is 0. The van der Waals surface area contributed by atoms with E-state index in [4.69, 9.17) is 9.98 Å². The summed E-state index contributed by atoms with van der Waals surface area (Å²) in [7, 11) is 0. The number of carbonyl (C=O) groups excluding carboxylic acids is 1. The van der Waals surface area contributed by atoms with Gasteiger partial charge in [0.05, 0.1) is 19.1 Å². The van der Waals surface area contributed by atoms with E-state index in [1.807, 2.05) is 13.0 Å². The largest absolute Gasteiger partial charge is 0.368 e. The Morgan fingerprint density at radius 2 is 1.57 bits per heavy atom. The van der Waals surface area contributed by atoms with Gasteiger partial charge in [-0.2, -0.15) is 0 Å². The summed E-state index contributed by atoms with van der Waals surface area (Å²) in [6, 6.07) is 21.2. The second-order valence-corrected chi connectivity index (χ2v) is 10.4. The summed E-state index contributed by atoms with van der Waals surface area (Å²) < 4.78 is 2.26. The summed E-state index contributed by atoms with van der Waals surface area (Å²) in [5.74, 6) is 2.88. The smallest absolute Gasteiger partial charge is 0.283 e. The van der Waals surface area contributed by atoms with Crippen molar-refractivity contribution in [1.82, 2.24) is 14.5 Å². The van der Waals surface area contributed by atoms with Crippen molar-refractivity contribution in [3.63, 3.8) is 0 Å². The van der Waals surface area contributed by atoms with Crippen LogP contribution in [0.5, 0.6) is 0 Å². The summed E-state index contributed by atoms with van der Waals surface area (Å²) >= 11 is 0. The predicted molar refractivity (Wildman–Crippen MR) is 149 cm³/mol. The van der Waals surface area contributed by atoms with Crippen molar-refractivity contribution in [2.75, 3.05) is 54.0 Å². The molecule has 1 aromatic heterocycles. The third kappa shape index (κ3) is 4.14. The number of carbonyl (C=O) groups is 1. The zero-order valence-corrected chi connectivity index (χ0v) is 21.9. The topological polar surface area (TPSA) is 60.2 Å². The number of hydrogen-bond acceptors (Lipinski definition) is 6. The van der Waals surface area contributed by atoms with Crippen molar-refractivity contribution >= 4 is 29.3 Å². The minimum atomic E-state index is -0.0483. The first-order chi connectivity index (χ1) is 18.0. The van der Waals surface area contributed by atoms with Crippen LogP contribution in [0, 0.1) is 5.92 Å². The van der Waals surface area contributed by atoms with Gasteiger partial charge in [-0.15, -0.1) is 0 Å². The van der Waals surface area contributed by atoms with Crippen LogP contribution in [0.15, 0.2) is 65.7 Å². The fraction of sp³-hybridized carbons (Fsp3) is 0.414. The molecule has 37 heavy (non-hydrogen) atoms. The lowest BCUT2D eigenvalue weighted by Crippen LogP contribution is -2.50. The number of anilines is 3. The molecular formula is C29H35N7O. The van der Waals surface area contributed by atoms with Crippen molar-refractivity contribution in [3.05, 3.63) is 71.9 Å². The monoisotopic (exact) mass is 497 g/mol. The minimum Gasteiger partial charge on any atom is -0.368 e. The van der Waals surface area contributed by atoms with Crippen LogP contribution in [0.3, 0.4) is 0 Å². The normalized spacial score (nSPS) is 19.4. The number of piperazine rings is 1. The van der Waals surface area contributed by atoms with E-state index >= 15 is 0 Å². The first-order valence-electron chi connectivity index (χ1n) is 13.4. The van der Waals surface area contributed by atoms with Gasteiger partial charge in [0, 0.05) is 38.4 Å². The molecule has 2 aromatic carbocycles. The number of nitrogens with zero attached hydrogens (tertiary/aromatic N) is 7. The van der Waals surface area contributed by atoms with Crippen LogP contribution in [0.2, 0.25) is 0 Å². The Labute approximate surface area is 218 Å². The van der Waals surface area contributed by atoms with Crippen molar-refractivity contribution in [3.8, 4) is 0 Å². The van der Waals surface area contributed by atoms with E-state index in [2.05, 4.69) is 87.7 Å². The molecule has 0 bridgehead atoms. The molecule has 1 amide bonds. The average molecular weight is 498 g/mol. The second-order valence-electron chi connectivity index (χ2n) is 10.4. The number of para-hydroxylation sites is 1. The molecule has 0 spiro atoms. The van der Waals surface area contributed by atoms with Crippen LogP contribution >= 0.6 is 0 Å². The van der Waals surface area contributed by atoms with Crippen molar-refractivity contribution < 1.29 is 4.79 Å². The maximum absolute atomic E-state index is 13.7. The lowest BCUT2D eigenvalue weighted by atomic mass is 10.1. The standard InChI is InChI=1S/C29H35N7O/c1-4-34-27(37)25-26(36-20-24(21(2)3)30-29(34)36)35(19-22-11-7-5-8-12-22)28(31-25)33-17-15-32(16-18-33)23-13-9-6-10-14-23/h5-14,21,24H,4,15-20H2,1-3H3/t24-/m0/s1. The highest BCUT2D eigenvalue weighted by Gasteiger charge is 2.44. The van der Waals surface area contributed by atoms with E-state index in [1.165, 1.54) is 11.3 Å². The van der Waals surface area contributed by atoms with Crippen LogP contribution in [0.4, 0.5) is 17.5 Å². The van der Waals surface area contributed by atoms with E-state index in [1.54, 1.807) is 4.90 Å². The maximum atomic E-state index is 13.7. The molecule has 8 heteroatoms. The molecule has 4 heterocycles. The van der Waals surface area contributed by atoms with Gasteiger partial charge in [-0.25, -0.2) is 9.98 Å². The molecule has 0 aliphatic carbocycles. The molecule has 3 aliphatic heterocycles. The number of guanidine groups is 1. The van der Waals surface area contributed by atoms with E-state index in [9.17, 15) is 4.79 Å². The quantitative estimate of drug-likeness (QED) is 0.517. The minimum absolute atomic E-state index is 0.0483. The molecular weight excluding hydrogens is 462 g/mol. The highest BCUT2D eigenvalue weighted by molar-refractivity contribution is 6.18. The van der Waals surface area contributed by atoms with Gasteiger partial charge in [-0.05, 0) is 30.5 Å². The molecule has 0 radical (unpaired) electrons. The Kier molecular flexibility index (Phi) is 6.10. The molecule has 6 rings (SSSR count). The first kappa shape index (κ1) is 23.6. The molecule has 8 nitrogen and oxygen atoms in total. The highest BCUT2D eigenvalue weighted by atomic mass is 16.2. The number of aromatic nitrogens is 2. The Bertz CT molecular complexity index is 1290. The molecule has 192 valence electrons. The summed E-state index contributed by atoms with van der Waals surface area (Å²) in [5.41, 5.74) is 2.98. The molecule has 3 aromatic rings. The maximum Gasteiger partial charge on any atom is 0.283 e. The predicted octanol–water partition coefficient (Wildman–Crippen LogP) is 3.93. The van der Waals surface area contributed by atoms with Crippen molar-refractivity contribution in [2.45, 2.75) is 33.4 Å². The van der Waals surface area contributed by atoms with Crippen molar-refractivity contribution in [1.29, 1.82) is 0 Å². The fourth-order valence-electron chi connectivity index (χ4n) is 5.59. The third-order valence-corrected chi connectivity index (χ3v) is 7.71. The van der Waals surface area contributed by atoms with Gasteiger partial charge < -0.3 is 9.80 Å². The number of hydrogen-bond donors (Lipinski definition) is 0. The molecule has 0 unspecified atom stereocenters. The van der Waals surface area contributed by atoms with E-state index in [0.717, 1.165) is 50.4 Å². The van der Waals surface area contributed by atoms with E-state index < -0.39 is 0 Å². The van der Waals surface area contributed by atoms with E-state index in [0.29, 0.717) is 24.7 Å². The van der Waals surface area contributed by atoms with Gasteiger partial charge in [0.2, 0.25) is 11.9 Å². The average Bonchev–Trinajstić information content (AvgIpc) is 3.53. The molecule has 3 aliphatic rings. The lowest BCUT2D eigenvalue weighted by molar-refractivity contribution is 0.0841. The van der Waals surface area contributed by atoms with Gasteiger partial charge in [-0.1, -0.05) is 62.4 Å². The molecule has 0 N–H and O–H groups in total. The van der Waals surface area contributed by atoms with Crippen LogP contribution in [-0.2, 0) is 6.54 Å². The number of rotatable bonds is 6. The highest BCUT2D eigenvalue weighted by Crippen LogP contribution is 2.37. The molecule has 1 fully saturated rings. The Morgan fingerprint density at radius 1 is 0.919 bits per heavy atom. The molecule has 1 saturated heterocycles. The SMILES string of the molecule is CCN1C(=O)c2nc(N3CCN(c4ccccc4)CC3)n(Cc3ccccc3)c2N2C[C@@H](C(C)C)N=C12. The first-order valence-corrected chi connectivity index (χ1v) is 13.4. The van der Waals surface area contributed by atoms with Crippen molar-refractivity contribution in [2.24, 2.45) is 10.9 Å². The van der Waals surface area contributed by atoms with Gasteiger partial charge in [0.1, 0.15) is 0 Å². The van der Waals surface area contributed by atoms with Crippen LogP contribution in [0.25, 0.3) is 0 Å². The summed E-state index contributed by atoms with van der Waals surface area (Å²) in [4.78, 5) is 32.6. The fourth-order valence-corrected chi connectivity index (χ4v) is 5.59. The molecule has 1 atom stereocenters. The second kappa shape index (κ2) is 9.57. The number of benzene rings is 2. The Morgan fingerprint density at radius 3 is 2.22 bits per heavy atom. The molecule has 0 saturated carbocycles. The van der Waals surface area contributed by atoms with Crippen LogP contribution in [0.1, 0.15) is 36.8 Å². The summed E-state index contributed by atoms with van der Waals surface area (Å²) in [6.45, 7) is 11.9. The van der Waals surface area contributed by atoms with Gasteiger partial charge in [0.25, 0.3) is 5.91 Å². The number of aliphatic imine (C=N–C) groups is 1. The third-order valence-electron chi connectivity index (χ3n) is 7.71. The number of fused-ring (bicyclic) bond motifs is 3. The number of imidazole rings is 1. The van der Waals surface area contributed by atoms with Gasteiger partial charge >= 0.3 is 0 Å². The zero-order valence-electron chi connectivity index (χ0n) is 21.9. The van der Waals surface area contributed by atoms with Gasteiger partial charge in [-0.3, -0.25) is 19.2 Å². The Balaban J connectivity index is 1.39. The van der Waals surface area contributed by atoms with E-state index in [-0.39, 0.29) is 11.9 Å². The van der Waals surface area contributed by atoms with Gasteiger partial charge in [0.15, 0.2) is 11.5 Å². The Hall–Kier alpha value is -3.81. The number of amides is 1.